The zero-order chi connectivity index (χ0) is 21.3. The summed E-state index contributed by atoms with van der Waals surface area (Å²) in [4.78, 5) is 54.2. The van der Waals surface area contributed by atoms with Crippen molar-refractivity contribution in [2.75, 3.05) is 13.1 Å². The first-order valence-corrected chi connectivity index (χ1v) is 10.8. The van der Waals surface area contributed by atoms with Crippen LogP contribution in [-0.4, -0.2) is 70.1 Å². The van der Waals surface area contributed by atoms with E-state index >= 15 is 0 Å². The van der Waals surface area contributed by atoms with E-state index in [2.05, 4.69) is 5.32 Å². The molecule has 0 radical (unpaired) electrons. The molecule has 8 heteroatoms. The van der Waals surface area contributed by atoms with Crippen LogP contribution in [0.4, 0.5) is 0 Å². The molecule has 3 N–H and O–H groups in total. The minimum Gasteiger partial charge on any atom is -0.342 e. The van der Waals surface area contributed by atoms with Crippen molar-refractivity contribution >= 4 is 23.5 Å². The van der Waals surface area contributed by atoms with Crippen LogP contribution in [0.25, 0.3) is 0 Å². The number of rotatable bonds is 5. The van der Waals surface area contributed by atoms with Crippen LogP contribution in [-0.2, 0) is 19.2 Å². The summed E-state index contributed by atoms with van der Waals surface area (Å²) in [6.45, 7) is 5.87. The van der Waals surface area contributed by atoms with E-state index in [1.54, 1.807) is 9.80 Å². The third-order valence-corrected chi connectivity index (χ3v) is 6.54. The summed E-state index contributed by atoms with van der Waals surface area (Å²) in [5.41, 5.74) is 5.16. The smallest absolute Gasteiger partial charge is 0.249 e. The highest BCUT2D eigenvalue weighted by Gasteiger charge is 2.55. The maximum Gasteiger partial charge on any atom is 0.249 e. The lowest BCUT2D eigenvalue weighted by Gasteiger charge is -2.40. The average Bonchev–Trinajstić information content (AvgIpc) is 3.21. The van der Waals surface area contributed by atoms with Crippen LogP contribution in [0.5, 0.6) is 0 Å². The normalized spacial score (nSPS) is 27.1. The molecule has 0 spiro atoms. The lowest BCUT2D eigenvalue weighted by atomic mass is 9.80. The summed E-state index contributed by atoms with van der Waals surface area (Å²) in [5, 5.41) is 2.90. The van der Waals surface area contributed by atoms with Gasteiger partial charge in [0.15, 0.2) is 5.78 Å². The molecule has 3 fully saturated rings. The lowest BCUT2D eigenvalue weighted by Crippen LogP contribution is -2.61. The molecule has 3 unspecified atom stereocenters. The summed E-state index contributed by atoms with van der Waals surface area (Å²) in [6, 6.07) is -1.56. The molecule has 8 nitrogen and oxygen atoms in total. The molecule has 0 aromatic rings. The van der Waals surface area contributed by atoms with Gasteiger partial charge in [-0.2, -0.15) is 0 Å². The number of ketones is 1. The second-order valence-electron chi connectivity index (χ2n) is 9.29. The van der Waals surface area contributed by atoms with E-state index in [4.69, 9.17) is 5.73 Å². The number of nitrogens with one attached hydrogen (secondary N) is 1. The van der Waals surface area contributed by atoms with E-state index in [1.165, 1.54) is 6.92 Å². The molecule has 0 aromatic heterocycles. The van der Waals surface area contributed by atoms with Gasteiger partial charge in [-0.1, -0.05) is 33.1 Å². The number of hydrogen-bond acceptors (Lipinski definition) is 5. The number of fused-ring (bicyclic) bond motifs is 1. The molecule has 3 rings (SSSR count). The van der Waals surface area contributed by atoms with E-state index in [0.29, 0.717) is 32.2 Å². The molecule has 0 aromatic carbocycles. The van der Waals surface area contributed by atoms with Gasteiger partial charge in [-0.25, -0.2) is 0 Å². The maximum absolute atomic E-state index is 13.5. The van der Waals surface area contributed by atoms with Crippen LogP contribution in [0.3, 0.4) is 0 Å². The Hall–Kier alpha value is -1.96. The van der Waals surface area contributed by atoms with E-state index in [1.807, 2.05) is 13.8 Å². The average molecular weight is 407 g/mol. The van der Waals surface area contributed by atoms with E-state index in [9.17, 15) is 19.2 Å². The molecule has 2 saturated heterocycles. The summed E-state index contributed by atoms with van der Waals surface area (Å²) < 4.78 is 0. The van der Waals surface area contributed by atoms with Crippen molar-refractivity contribution in [3.05, 3.63) is 0 Å². The van der Waals surface area contributed by atoms with Gasteiger partial charge in [-0.15, -0.1) is 0 Å². The van der Waals surface area contributed by atoms with Gasteiger partial charge in [-0.3, -0.25) is 19.2 Å². The van der Waals surface area contributed by atoms with Crippen LogP contribution in [0.1, 0.15) is 65.7 Å². The second-order valence-corrected chi connectivity index (χ2v) is 9.29. The largest absolute Gasteiger partial charge is 0.342 e. The number of amides is 3. The third-order valence-electron chi connectivity index (χ3n) is 6.54. The van der Waals surface area contributed by atoms with Gasteiger partial charge in [0.1, 0.15) is 11.6 Å². The Morgan fingerprint density at radius 1 is 1.17 bits per heavy atom. The molecule has 0 bridgehead atoms. The van der Waals surface area contributed by atoms with Gasteiger partial charge < -0.3 is 20.9 Å². The Morgan fingerprint density at radius 3 is 2.41 bits per heavy atom. The van der Waals surface area contributed by atoms with Gasteiger partial charge in [0, 0.05) is 13.5 Å². The van der Waals surface area contributed by atoms with Crippen molar-refractivity contribution in [2.24, 2.45) is 11.7 Å². The fourth-order valence-electron chi connectivity index (χ4n) is 5.32. The highest BCUT2D eigenvalue weighted by Crippen LogP contribution is 2.36. The first-order valence-electron chi connectivity index (χ1n) is 10.8. The van der Waals surface area contributed by atoms with E-state index in [0.717, 1.165) is 19.3 Å². The molecule has 2 aliphatic heterocycles. The molecule has 29 heavy (non-hydrogen) atoms. The SMILES string of the molecule is CC(=O)NC1(C(=O)N2CC(=O)C3C2CCN3C(=O)C(N)CC(C)C)CCCCC1. The summed E-state index contributed by atoms with van der Waals surface area (Å²) in [5.74, 6) is -0.435. The predicted molar refractivity (Wildman–Crippen MR) is 108 cm³/mol. The van der Waals surface area contributed by atoms with Crippen molar-refractivity contribution in [1.82, 2.24) is 15.1 Å². The number of carbonyl (C=O) groups is 4. The molecule has 162 valence electrons. The highest BCUT2D eigenvalue weighted by atomic mass is 16.2. The number of hydrogen-bond donors (Lipinski definition) is 2. The number of nitrogens with zero attached hydrogens (tertiary/aromatic N) is 2. The minimum absolute atomic E-state index is 0.00129. The number of carbonyl (C=O) groups excluding carboxylic acids is 4. The number of Topliss-reactive ketones (excluding diaryl/α,β-unsaturated/α-hetero) is 1. The minimum atomic E-state index is -0.926. The third kappa shape index (κ3) is 4.17. The van der Waals surface area contributed by atoms with E-state index in [-0.39, 0.29) is 42.0 Å². The van der Waals surface area contributed by atoms with Gasteiger partial charge in [0.25, 0.3) is 0 Å². The number of nitrogens with two attached hydrogens (primary N) is 1. The molecule has 2 heterocycles. The fourth-order valence-corrected chi connectivity index (χ4v) is 5.32. The summed E-state index contributed by atoms with van der Waals surface area (Å²) >= 11 is 0. The Balaban J connectivity index is 1.78. The van der Waals surface area contributed by atoms with Crippen LogP contribution < -0.4 is 11.1 Å². The fraction of sp³-hybridized carbons (Fsp3) is 0.810. The molecular weight excluding hydrogens is 372 g/mol. The highest BCUT2D eigenvalue weighted by molar-refractivity contribution is 6.01. The lowest BCUT2D eigenvalue weighted by molar-refractivity contribution is -0.144. The van der Waals surface area contributed by atoms with Gasteiger partial charge >= 0.3 is 0 Å². The van der Waals surface area contributed by atoms with Crippen LogP contribution >= 0.6 is 0 Å². The zero-order valence-corrected chi connectivity index (χ0v) is 17.8. The van der Waals surface area contributed by atoms with Crippen molar-refractivity contribution in [3.8, 4) is 0 Å². The monoisotopic (exact) mass is 406 g/mol. The molecule has 1 aliphatic carbocycles. The Bertz CT molecular complexity index is 686. The van der Waals surface area contributed by atoms with E-state index < -0.39 is 17.6 Å². The summed E-state index contributed by atoms with van der Waals surface area (Å²) in [7, 11) is 0. The van der Waals surface area contributed by atoms with Crippen LogP contribution in [0.15, 0.2) is 0 Å². The second kappa shape index (κ2) is 8.42. The van der Waals surface area contributed by atoms with Gasteiger partial charge in [0.2, 0.25) is 17.7 Å². The van der Waals surface area contributed by atoms with Crippen molar-refractivity contribution in [1.29, 1.82) is 0 Å². The first-order chi connectivity index (χ1) is 13.7. The standard InChI is InChI=1S/C21H34N4O4/c1-13(2)11-15(22)19(28)24-10-7-16-18(24)17(27)12-25(16)20(29)21(23-14(3)26)8-5-4-6-9-21/h13,15-16,18H,4-12,22H2,1-3H3,(H,23,26). The molecule has 1 saturated carbocycles. The topological polar surface area (TPSA) is 113 Å². The Morgan fingerprint density at radius 2 is 1.83 bits per heavy atom. The zero-order valence-electron chi connectivity index (χ0n) is 17.8. The molecular formula is C21H34N4O4. The van der Waals surface area contributed by atoms with Crippen molar-refractivity contribution < 1.29 is 19.2 Å². The molecule has 3 amide bonds. The van der Waals surface area contributed by atoms with Gasteiger partial charge in [0.05, 0.1) is 18.6 Å². The number of likely N-dealkylation sites (tertiary alicyclic amines) is 2. The first kappa shape index (κ1) is 21.7. The quantitative estimate of drug-likeness (QED) is 0.693. The summed E-state index contributed by atoms with van der Waals surface area (Å²) in [6.07, 6.45) is 5.10. The Labute approximate surface area is 172 Å². The molecule has 3 aliphatic rings. The predicted octanol–water partition coefficient (Wildman–Crippen LogP) is 0.580. The maximum atomic E-state index is 13.5. The van der Waals surface area contributed by atoms with Crippen molar-refractivity contribution in [3.63, 3.8) is 0 Å². The Kier molecular flexibility index (Phi) is 6.31. The van der Waals surface area contributed by atoms with Crippen LogP contribution in [0.2, 0.25) is 0 Å². The van der Waals surface area contributed by atoms with Gasteiger partial charge in [-0.05, 0) is 31.6 Å². The van der Waals surface area contributed by atoms with Crippen LogP contribution in [0, 0.1) is 5.92 Å². The van der Waals surface area contributed by atoms with Crippen molar-refractivity contribution in [2.45, 2.75) is 89.4 Å². The molecule has 3 atom stereocenters.